The molecule has 0 radical (unpaired) electrons. The summed E-state index contributed by atoms with van der Waals surface area (Å²) in [4.78, 5) is 23.5. The van der Waals surface area contributed by atoms with E-state index in [0.717, 1.165) is 17.0 Å². The Hall–Kier alpha value is -2.47. The third kappa shape index (κ3) is 4.29. The van der Waals surface area contributed by atoms with Crippen LogP contribution in [0.15, 0.2) is 47.1 Å². The first kappa shape index (κ1) is 16.4. The summed E-state index contributed by atoms with van der Waals surface area (Å²) in [5.74, 6) is 0.674. The molecule has 0 spiro atoms. The number of urea groups is 1. The lowest BCUT2D eigenvalue weighted by atomic mass is 10.1. The molecule has 1 heterocycles. The molecular weight excluding hydrogens is 330 g/mol. The first-order chi connectivity index (χ1) is 11.6. The number of benzene rings is 1. The molecule has 1 aromatic carbocycles. The van der Waals surface area contributed by atoms with E-state index in [1.54, 1.807) is 12.1 Å². The number of halogens is 1. The van der Waals surface area contributed by atoms with Gasteiger partial charge in [0.2, 0.25) is 5.91 Å². The Morgan fingerprint density at radius 3 is 2.75 bits per heavy atom. The minimum Gasteiger partial charge on any atom is -0.467 e. The number of hydrogen-bond donors (Lipinski definition) is 3. The van der Waals surface area contributed by atoms with Crippen LogP contribution in [0.1, 0.15) is 23.7 Å². The predicted octanol–water partition coefficient (Wildman–Crippen LogP) is 2.40. The summed E-state index contributed by atoms with van der Waals surface area (Å²) in [7, 11) is 0. The van der Waals surface area contributed by atoms with Gasteiger partial charge in [-0.25, -0.2) is 4.79 Å². The van der Waals surface area contributed by atoms with Crippen LogP contribution in [0.4, 0.5) is 4.79 Å². The van der Waals surface area contributed by atoms with E-state index in [2.05, 4.69) is 16.0 Å². The fourth-order valence-corrected chi connectivity index (χ4v) is 2.81. The second-order valence-electron chi connectivity index (χ2n) is 5.65. The third-order valence-electron chi connectivity index (χ3n) is 3.85. The lowest BCUT2D eigenvalue weighted by Gasteiger charge is -2.08. The van der Waals surface area contributed by atoms with Gasteiger partial charge in [-0.3, -0.25) is 4.79 Å². The van der Waals surface area contributed by atoms with Gasteiger partial charge in [0.25, 0.3) is 0 Å². The smallest absolute Gasteiger partial charge is 0.315 e. The molecule has 0 saturated heterocycles. The van der Waals surface area contributed by atoms with Crippen molar-refractivity contribution in [3.05, 3.63) is 59.0 Å². The van der Waals surface area contributed by atoms with Crippen LogP contribution in [0.25, 0.3) is 0 Å². The van der Waals surface area contributed by atoms with Crippen molar-refractivity contribution in [2.24, 2.45) is 0 Å². The molecule has 1 aliphatic carbocycles. The first-order valence-electron chi connectivity index (χ1n) is 7.71. The maximum absolute atomic E-state index is 11.9. The summed E-state index contributed by atoms with van der Waals surface area (Å²) in [6.45, 7) is 0.202. The van der Waals surface area contributed by atoms with Crippen LogP contribution in [0.2, 0.25) is 5.02 Å². The molecule has 7 heteroatoms. The van der Waals surface area contributed by atoms with E-state index in [0.29, 0.717) is 5.76 Å². The number of furan rings is 1. The highest BCUT2D eigenvalue weighted by Gasteiger charge is 2.40. The van der Waals surface area contributed by atoms with Crippen LogP contribution in [-0.4, -0.2) is 24.5 Å². The van der Waals surface area contributed by atoms with Gasteiger partial charge < -0.3 is 20.4 Å². The Morgan fingerprint density at radius 1 is 1.17 bits per heavy atom. The minimum absolute atomic E-state index is 0.0737. The van der Waals surface area contributed by atoms with E-state index in [1.165, 1.54) is 6.26 Å². The van der Waals surface area contributed by atoms with Gasteiger partial charge in [0.1, 0.15) is 5.76 Å². The van der Waals surface area contributed by atoms with Gasteiger partial charge in [-0.05, 0) is 30.2 Å². The molecule has 0 unspecified atom stereocenters. The van der Waals surface area contributed by atoms with E-state index < -0.39 is 6.03 Å². The SMILES string of the molecule is O=C(CNC(=O)NCc1ccco1)N[C@@H]1C[C@H]1c1ccccc1Cl. The van der Waals surface area contributed by atoms with Gasteiger partial charge in [0.05, 0.1) is 19.4 Å². The van der Waals surface area contributed by atoms with Crippen molar-refractivity contribution in [1.82, 2.24) is 16.0 Å². The van der Waals surface area contributed by atoms with Crippen LogP contribution >= 0.6 is 11.6 Å². The Morgan fingerprint density at radius 2 is 2.00 bits per heavy atom. The average molecular weight is 348 g/mol. The number of nitrogens with one attached hydrogen (secondary N) is 3. The van der Waals surface area contributed by atoms with E-state index in [9.17, 15) is 9.59 Å². The van der Waals surface area contributed by atoms with Crippen molar-refractivity contribution >= 4 is 23.5 Å². The Balaban J connectivity index is 1.36. The lowest BCUT2D eigenvalue weighted by Crippen LogP contribution is -2.42. The molecule has 2 atom stereocenters. The molecule has 0 aliphatic heterocycles. The standard InChI is InChI=1S/C17H18ClN3O3/c18-14-6-2-1-5-12(14)13-8-15(13)21-16(22)10-20-17(23)19-9-11-4-3-7-24-11/h1-7,13,15H,8-10H2,(H,21,22)(H2,19,20,23)/t13-,15+/m0/s1. The zero-order chi connectivity index (χ0) is 16.9. The molecule has 126 valence electrons. The quantitative estimate of drug-likeness (QED) is 0.750. The highest BCUT2D eigenvalue weighted by molar-refractivity contribution is 6.31. The molecular formula is C17H18ClN3O3. The summed E-state index contributed by atoms with van der Waals surface area (Å²) in [5.41, 5.74) is 1.05. The van der Waals surface area contributed by atoms with Crippen LogP contribution < -0.4 is 16.0 Å². The molecule has 1 aromatic heterocycles. The molecule has 3 rings (SSSR count). The summed E-state index contributed by atoms with van der Waals surface area (Å²) >= 11 is 6.16. The van der Waals surface area contributed by atoms with Crippen molar-refractivity contribution in [1.29, 1.82) is 0 Å². The van der Waals surface area contributed by atoms with Crippen molar-refractivity contribution in [3.63, 3.8) is 0 Å². The number of carbonyl (C=O) groups is 2. The minimum atomic E-state index is -0.417. The Bertz CT molecular complexity index is 718. The summed E-state index contributed by atoms with van der Waals surface area (Å²) in [5, 5.41) is 8.74. The molecule has 1 fully saturated rings. The zero-order valence-corrected chi connectivity index (χ0v) is 13.7. The predicted molar refractivity (Wildman–Crippen MR) is 89.7 cm³/mol. The van der Waals surface area contributed by atoms with Crippen molar-refractivity contribution < 1.29 is 14.0 Å². The molecule has 6 nitrogen and oxygen atoms in total. The van der Waals surface area contributed by atoms with Gasteiger partial charge >= 0.3 is 6.03 Å². The van der Waals surface area contributed by atoms with Crippen LogP contribution in [0, 0.1) is 0 Å². The molecule has 2 aromatic rings. The summed E-state index contributed by atoms with van der Waals surface area (Å²) in [6.07, 6.45) is 2.40. The normalized spacial score (nSPS) is 18.7. The Labute approximate surface area is 144 Å². The van der Waals surface area contributed by atoms with E-state index >= 15 is 0 Å². The second-order valence-corrected chi connectivity index (χ2v) is 6.06. The Kier molecular flexibility index (Phi) is 5.05. The van der Waals surface area contributed by atoms with Crippen LogP contribution in [0.3, 0.4) is 0 Å². The van der Waals surface area contributed by atoms with Gasteiger partial charge in [-0.2, -0.15) is 0 Å². The molecule has 1 aliphatic rings. The van der Waals surface area contributed by atoms with Crippen LogP contribution in [-0.2, 0) is 11.3 Å². The van der Waals surface area contributed by atoms with E-state index in [1.807, 2.05) is 24.3 Å². The van der Waals surface area contributed by atoms with Gasteiger partial charge in [-0.1, -0.05) is 29.8 Å². The first-order valence-corrected chi connectivity index (χ1v) is 8.09. The van der Waals surface area contributed by atoms with E-state index in [4.69, 9.17) is 16.0 Å². The van der Waals surface area contributed by atoms with Crippen molar-refractivity contribution in [2.75, 3.05) is 6.54 Å². The fraction of sp³-hybridized carbons (Fsp3) is 0.294. The summed E-state index contributed by atoms with van der Waals surface area (Å²) in [6, 6.07) is 10.8. The zero-order valence-electron chi connectivity index (χ0n) is 12.9. The number of carbonyl (C=O) groups excluding carboxylic acids is 2. The highest BCUT2D eigenvalue weighted by Crippen LogP contribution is 2.43. The van der Waals surface area contributed by atoms with Crippen molar-refractivity contribution in [2.45, 2.75) is 24.9 Å². The maximum atomic E-state index is 11.9. The lowest BCUT2D eigenvalue weighted by molar-refractivity contribution is -0.120. The highest BCUT2D eigenvalue weighted by atomic mass is 35.5. The molecule has 0 bridgehead atoms. The van der Waals surface area contributed by atoms with Crippen LogP contribution in [0.5, 0.6) is 0 Å². The number of amides is 3. The topological polar surface area (TPSA) is 83.4 Å². The molecule has 3 amide bonds. The largest absolute Gasteiger partial charge is 0.467 e. The second kappa shape index (κ2) is 7.40. The van der Waals surface area contributed by atoms with Gasteiger partial charge in [0, 0.05) is 17.0 Å². The summed E-state index contributed by atoms with van der Waals surface area (Å²) < 4.78 is 5.10. The average Bonchev–Trinajstić information content (AvgIpc) is 3.11. The fourth-order valence-electron chi connectivity index (χ4n) is 2.54. The molecule has 24 heavy (non-hydrogen) atoms. The number of rotatable bonds is 6. The maximum Gasteiger partial charge on any atom is 0.315 e. The van der Waals surface area contributed by atoms with Crippen molar-refractivity contribution in [3.8, 4) is 0 Å². The molecule has 3 N–H and O–H groups in total. The molecule has 1 saturated carbocycles. The van der Waals surface area contributed by atoms with Gasteiger partial charge in [0.15, 0.2) is 0 Å². The van der Waals surface area contributed by atoms with E-state index in [-0.39, 0.29) is 31.0 Å². The van der Waals surface area contributed by atoms with Gasteiger partial charge in [-0.15, -0.1) is 0 Å². The third-order valence-corrected chi connectivity index (χ3v) is 4.20. The number of hydrogen-bond acceptors (Lipinski definition) is 3. The monoisotopic (exact) mass is 347 g/mol.